The van der Waals surface area contributed by atoms with Crippen LogP contribution in [0.2, 0.25) is 0 Å². The Kier molecular flexibility index (Phi) is 6.69. The predicted octanol–water partition coefficient (Wildman–Crippen LogP) is 4.25. The summed E-state index contributed by atoms with van der Waals surface area (Å²) < 4.78 is 41.1. The number of halogens is 3. The zero-order chi connectivity index (χ0) is 28.7. The van der Waals surface area contributed by atoms with Gasteiger partial charge in [0.2, 0.25) is 0 Å². The maximum Gasteiger partial charge on any atom is 0.425 e. The minimum absolute atomic E-state index is 0.00420. The number of aromatic nitrogens is 6. The van der Waals surface area contributed by atoms with E-state index in [0.29, 0.717) is 39.2 Å². The van der Waals surface area contributed by atoms with E-state index >= 15 is 0 Å². The van der Waals surface area contributed by atoms with E-state index in [9.17, 15) is 22.8 Å². The molecule has 5 aromatic rings. The minimum atomic E-state index is -4.41. The molecule has 0 saturated heterocycles. The fourth-order valence-electron chi connectivity index (χ4n) is 4.82. The second-order valence-corrected chi connectivity index (χ2v) is 10.6. The van der Waals surface area contributed by atoms with Gasteiger partial charge in [-0.05, 0) is 63.5 Å². The summed E-state index contributed by atoms with van der Waals surface area (Å²) in [5, 5.41) is 17.7. The lowest BCUT2D eigenvalue weighted by Crippen LogP contribution is -2.29. The molecule has 0 unspecified atom stereocenters. The molecule has 10 nitrogen and oxygen atoms in total. The van der Waals surface area contributed by atoms with E-state index in [1.54, 1.807) is 29.9 Å². The molecule has 41 heavy (non-hydrogen) atoms. The zero-order valence-electron chi connectivity index (χ0n) is 21.4. The number of amides is 2. The van der Waals surface area contributed by atoms with Crippen molar-refractivity contribution in [2.24, 2.45) is 7.05 Å². The Hall–Kier alpha value is -4.72. The number of tetrazole rings is 1. The number of hydrogen-bond donors (Lipinski definition) is 2. The number of hydrogen-bond acceptors (Lipinski definition) is 8. The Morgan fingerprint density at radius 2 is 1.85 bits per heavy atom. The molecule has 0 radical (unpaired) electrons. The van der Waals surface area contributed by atoms with Crippen LogP contribution in [0.15, 0.2) is 54.9 Å². The minimum Gasteiger partial charge on any atom is -0.347 e. The summed E-state index contributed by atoms with van der Waals surface area (Å²) in [6.07, 6.45) is -1.79. The van der Waals surface area contributed by atoms with Gasteiger partial charge in [0.1, 0.15) is 22.6 Å². The highest BCUT2D eigenvalue weighted by Gasteiger charge is 2.32. The summed E-state index contributed by atoms with van der Waals surface area (Å²) in [6, 6.07) is 12.9. The van der Waals surface area contributed by atoms with Gasteiger partial charge in [0.05, 0.1) is 6.04 Å². The van der Waals surface area contributed by atoms with Crippen LogP contribution in [0.5, 0.6) is 0 Å². The number of carbonyl (C=O) groups is 2. The number of thiophene rings is 1. The Labute approximate surface area is 234 Å². The number of benzene rings is 2. The number of aryl methyl sites for hydroxylation is 2. The Balaban J connectivity index is 1.10. The molecule has 0 saturated carbocycles. The lowest BCUT2D eigenvalue weighted by molar-refractivity contribution is -0.134. The lowest BCUT2D eigenvalue weighted by Gasteiger charge is -2.14. The smallest absolute Gasteiger partial charge is 0.347 e. The van der Waals surface area contributed by atoms with Crippen LogP contribution in [0.4, 0.5) is 13.2 Å². The molecule has 0 bridgehead atoms. The van der Waals surface area contributed by atoms with E-state index in [1.807, 2.05) is 18.2 Å². The predicted molar refractivity (Wildman–Crippen MR) is 143 cm³/mol. The van der Waals surface area contributed by atoms with Gasteiger partial charge in [-0.2, -0.15) is 13.2 Å². The molecule has 0 aliphatic heterocycles. The van der Waals surface area contributed by atoms with Crippen molar-refractivity contribution in [1.29, 1.82) is 0 Å². The first-order valence-electron chi connectivity index (χ1n) is 12.5. The lowest BCUT2D eigenvalue weighted by atomic mass is 10.0. The van der Waals surface area contributed by atoms with Gasteiger partial charge in [0.15, 0.2) is 5.82 Å². The Morgan fingerprint density at radius 1 is 1.05 bits per heavy atom. The number of nitrogens with zero attached hydrogens (tertiary/aromatic N) is 6. The van der Waals surface area contributed by atoms with Gasteiger partial charge in [-0.3, -0.25) is 9.59 Å². The average molecular weight is 579 g/mol. The van der Waals surface area contributed by atoms with Gasteiger partial charge in [-0.15, -0.1) is 16.4 Å². The van der Waals surface area contributed by atoms with Crippen molar-refractivity contribution in [2.75, 3.05) is 0 Å². The van der Waals surface area contributed by atoms with Crippen molar-refractivity contribution in [3.63, 3.8) is 0 Å². The molecule has 1 atom stereocenters. The van der Waals surface area contributed by atoms with Gasteiger partial charge >= 0.3 is 6.18 Å². The van der Waals surface area contributed by atoms with Crippen LogP contribution in [-0.4, -0.2) is 42.0 Å². The van der Waals surface area contributed by atoms with E-state index in [4.69, 9.17) is 0 Å². The molecule has 2 aromatic carbocycles. The second-order valence-electron chi connectivity index (χ2n) is 9.56. The zero-order valence-corrected chi connectivity index (χ0v) is 22.3. The molecule has 3 aromatic heterocycles. The molecule has 1 aliphatic rings. The molecule has 0 spiro atoms. The largest absolute Gasteiger partial charge is 0.425 e. The monoisotopic (exact) mass is 578 g/mol. The first-order valence-corrected chi connectivity index (χ1v) is 13.3. The van der Waals surface area contributed by atoms with Crippen molar-refractivity contribution in [1.82, 2.24) is 40.8 Å². The SMILES string of the molecule is Cn1nnnc1-c1ccc2c(c1)CC[C@H]2NC(=O)c1cc(C(=O)NCc2ccc3cc(C(F)(F)F)sc3c2)ncn1. The van der Waals surface area contributed by atoms with Gasteiger partial charge < -0.3 is 10.6 Å². The highest BCUT2D eigenvalue weighted by Crippen LogP contribution is 2.38. The van der Waals surface area contributed by atoms with Crippen LogP contribution < -0.4 is 10.6 Å². The highest BCUT2D eigenvalue weighted by molar-refractivity contribution is 7.19. The van der Waals surface area contributed by atoms with Gasteiger partial charge in [0, 0.05) is 29.9 Å². The third-order valence-electron chi connectivity index (χ3n) is 6.85. The summed E-state index contributed by atoms with van der Waals surface area (Å²) >= 11 is 0.652. The van der Waals surface area contributed by atoms with Crippen LogP contribution in [0.3, 0.4) is 0 Å². The van der Waals surface area contributed by atoms with Crippen LogP contribution in [0, 0.1) is 0 Å². The summed E-state index contributed by atoms with van der Waals surface area (Å²) in [6.45, 7) is 0.0742. The molecule has 2 amide bonds. The molecular weight excluding hydrogens is 557 g/mol. The van der Waals surface area contributed by atoms with Crippen molar-refractivity contribution in [2.45, 2.75) is 31.6 Å². The van der Waals surface area contributed by atoms with Crippen LogP contribution in [0.1, 0.15) is 55.0 Å². The molecule has 208 valence electrons. The maximum atomic E-state index is 13.0. The first kappa shape index (κ1) is 26.5. The second kappa shape index (κ2) is 10.4. The van der Waals surface area contributed by atoms with E-state index in [-0.39, 0.29) is 24.0 Å². The van der Waals surface area contributed by atoms with Crippen LogP contribution in [0.25, 0.3) is 21.5 Å². The molecule has 1 aliphatic carbocycles. The highest BCUT2D eigenvalue weighted by atomic mass is 32.1. The quantitative estimate of drug-likeness (QED) is 0.308. The first-order chi connectivity index (χ1) is 19.7. The number of fused-ring (bicyclic) bond motifs is 2. The Bertz CT molecular complexity index is 1800. The number of rotatable bonds is 6. The molecular formula is C27H21F3N8O2S. The van der Waals surface area contributed by atoms with E-state index in [1.165, 1.54) is 6.07 Å². The topological polar surface area (TPSA) is 128 Å². The summed E-state index contributed by atoms with van der Waals surface area (Å²) in [7, 11) is 1.77. The standard InChI is InChI=1S/C27H21F3N8O2S/c1-38-24(35-36-37-38)17-4-6-18-15(9-17)5-7-19(18)34-26(40)21-11-20(32-13-33-21)25(39)31-12-14-2-3-16-10-23(27(28,29)30)41-22(16)8-14/h2-4,6,8-11,13,19H,5,7,12H2,1H3,(H,31,39)(H,34,40)/t19-/m1/s1. The van der Waals surface area contributed by atoms with E-state index in [2.05, 4.69) is 36.1 Å². The average Bonchev–Trinajstić information content (AvgIpc) is 3.69. The third-order valence-corrected chi connectivity index (χ3v) is 8.00. The molecule has 3 heterocycles. The summed E-state index contributed by atoms with van der Waals surface area (Å²) in [5.74, 6) is -0.333. The van der Waals surface area contributed by atoms with Crippen molar-refractivity contribution in [3.8, 4) is 11.4 Å². The number of carbonyl (C=O) groups excluding carboxylic acids is 2. The van der Waals surface area contributed by atoms with E-state index < -0.39 is 22.9 Å². The van der Waals surface area contributed by atoms with Crippen molar-refractivity contribution >= 4 is 33.2 Å². The van der Waals surface area contributed by atoms with E-state index in [0.717, 1.165) is 35.5 Å². The van der Waals surface area contributed by atoms with Crippen LogP contribution >= 0.6 is 11.3 Å². The number of alkyl halides is 3. The van der Waals surface area contributed by atoms with Crippen LogP contribution in [-0.2, 0) is 26.2 Å². The molecule has 6 rings (SSSR count). The fourth-order valence-corrected chi connectivity index (χ4v) is 5.81. The van der Waals surface area contributed by atoms with Crippen molar-refractivity contribution in [3.05, 3.63) is 87.8 Å². The van der Waals surface area contributed by atoms with Gasteiger partial charge in [-0.25, -0.2) is 14.6 Å². The molecule has 14 heteroatoms. The summed E-state index contributed by atoms with van der Waals surface area (Å²) in [5.41, 5.74) is 3.64. The van der Waals surface area contributed by atoms with Gasteiger partial charge in [-0.1, -0.05) is 24.3 Å². The third kappa shape index (κ3) is 5.37. The van der Waals surface area contributed by atoms with Gasteiger partial charge in [0.25, 0.3) is 11.8 Å². The molecule has 0 fully saturated rings. The normalized spacial score (nSPS) is 14.7. The number of nitrogens with one attached hydrogen (secondary N) is 2. The Morgan fingerprint density at radius 3 is 2.61 bits per heavy atom. The summed E-state index contributed by atoms with van der Waals surface area (Å²) in [4.78, 5) is 33.1. The molecule has 2 N–H and O–H groups in total. The van der Waals surface area contributed by atoms with Crippen molar-refractivity contribution < 1.29 is 22.8 Å². The fraction of sp³-hybridized carbons (Fsp3) is 0.222. The maximum absolute atomic E-state index is 13.0.